The number of benzene rings is 1. The van der Waals surface area contributed by atoms with Gasteiger partial charge in [-0.05, 0) is 63.0 Å². The van der Waals surface area contributed by atoms with Gasteiger partial charge in [-0.3, -0.25) is 14.4 Å². The first kappa shape index (κ1) is 23.3. The van der Waals surface area contributed by atoms with E-state index in [1.54, 1.807) is 0 Å². The highest BCUT2D eigenvalue weighted by Crippen LogP contribution is 2.25. The first-order valence-corrected chi connectivity index (χ1v) is 11.8. The summed E-state index contributed by atoms with van der Waals surface area (Å²) >= 11 is 0. The van der Waals surface area contributed by atoms with Gasteiger partial charge in [-0.2, -0.15) is 0 Å². The minimum Gasteiger partial charge on any atom is -0.344 e. The van der Waals surface area contributed by atoms with Gasteiger partial charge < -0.3 is 15.1 Å². The highest BCUT2D eigenvalue weighted by molar-refractivity contribution is 5.94. The number of rotatable bonds is 6. The van der Waals surface area contributed by atoms with Gasteiger partial charge in [0.2, 0.25) is 11.8 Å². The minimum atomic E-state index is -0.486. The van der Waals surface area contributed by atoms with Crippen LogP contribution < -0.4 is 5.32 Å². The third-order valence-corrected chi connectivity index (χ3v) is 6.41. The van der Waals surface area contributed by atoms with E-state index in [2.05, 4.69) is 5.32 Å². The Bertz CT molecular complexity index is 778. The standard InChI is InChI=1S/C25H37N3O3/c1-18(2)16-22(29)26-23(25(31)27-12-5-4-6-13-27)20-10-14-28(15-11-20)24(30)21-9-7-8-19(3)17-21/h7-9,17-18,20,23H,4-6,10-16H2,1-3H3,(H,26,29)/t23-/m0/s1. The summed E-state index contributed by atoms with van der Waals surface area (Å²) in [6.07, 6.45) is 5.10. The van der Waals surface area contributed by atoms with Crippen molar-refractivity contribution in [2.75, 3.05) is 26.2 Å². The number of carbonyl (C=O) groups is 3. The zero-order valence-corrected chi connectivity index (χ0v) is 19.2. The fourth-order valence-corrected chi connectivity index (χ4v) is 4.69. The molecule has 1 N–H and O–H groups in total. The molecule has 0 radical (unpaired) electrons. The molecule has 6 nitrogen and oxygen atoms in total. The lowest BCUT2D eigenvalue weighted by atomic mass is 9.87. The maximum absolute atomic E-state index is 13.3. The molecular formula is C25H37N3O3. The average Bonchev–Trinajstić information content (AvgIpc) is 2.77. The molecule has 2 saturated heterocycles. The summed E-state index contributed by atoms with van der Waals surface area (Å²) in [5, 5.41) is 3.06. The van der Waals surface area contributed by atoms with Gasteiger partial charge in [0.1, 0.15) is 6.04 Å². The first-order chi connectivity index (χ1) is 14.8. The van der Waals surface area contributed by atoms with Crippen molar-refractivity contribution in [1.29, 1.82) is 0 Å². The smallest absolute Gasteiger partial charge is 0.253 e. The molecule has 0 unspecified atom stereocenters. The lowest BCUT2D eigenvalue weighted by Crippen LogP contribution is -2.55. The minimum absolute atomic E-state index is 0.0462. The average molecular weight is 428 g/mol. The highest BCUT2D eigenvalue weighted by atomic mass is 16.2. The lowest BCUT2D eigenvalue weighted by molar-refractivity contribution is -0.139. The van der Waals surface area contributed by atoms with Crippen LogP contribution in [0.25, 0.3) is 0 Å². The molecule has 1 aromatic carbocycles. The normalized spacial score (nSPS) is 18.7. The van der Waals surface area contributed by atoms with Crippen LogP contribution in [0.15, 0.2) is 24.3 Å². The van der Waals surface area contributed by atoms with Gasteiger partial charge in [0, 0.05) is 38.2 Å². The molecule has 0 saturated carbocycles. The summed E-state index contributed by atoms with van der Waals surface area (Å²) < 4.78 is 0. The van der Waals surface area contributed by atoms with Crippen LogP contribution >= 0.6 is 0 Å². The van der Waals surface area contributed by atoms with Gasteiger partial charge >= 0.3 is 0 Å². The van der Waals surface area contributed by atoms with Crippen LogP contribution in [0.3, 0.4) is 0 Å². The van der Waals surface area contributed by atoms with Gasteiger partial charge in [0.25, 0.3) is 5.91 Å². The number of likely N-dealkylation sites (tertiary alicyclic amines) is 2. The number of amides is 3. The largest absolute Gasteiger partial charge is 0.344 e. The van der Waals surface area contributed by atoms with Gasteiger partial charge in [-0.1, -0.05) is 31.5 Å². The maximum atomic E-state index is 13.3. The van der Waals surface area contributed by atoms with E-state index in [-0.39, 0.29) is 29.6 Å². The van der Waals surface area contributed by atoms with Crippen LogP contribution in [-0.2, 0) is 9.59 Å². The number of nitrogens with one attached hydrogen (secondary N) is 1. The Kier molecular flexibility index (Phi) is 8.10. The predicted molar refractivity (Wildman–Crippen MR) is 122 cm³/mol. The molecule has 0 aromatic heterocycles. The molecule has 0 aliphatic carbocycles. The molecule has 6 heteroatoms. The second kappa shape index (κ2) is 10.8. The van der Waals surface area contributed by atoms with E-state index in [0.29, 0.717) is 25.1 Å². The van der Waals surface area contributed by atoms with Gasteiger partial charge in [0.15, 0.2) is 0 Å². The summed E-state index contributed by atoms with van der Waals surface area (Å²) in [4.78, 5) is 42.6. The van der Waals surface area contributed by atoms with Crippen LogP contribution in [0.4, 0.5) is 0 Å². The van der Waals surface area contributed by atoms with E-state index in [1.807, 2.05) is 54.8 Å². The predicted octanol–water partition coefficient (Wildman–Crippen LogP) is 3.39. The van der Waals surface area contributed by atoms with Crippen molar-refractivity contribution in [3.8, 4) is 0 Å². The molecule has 1 atom stereocenters. The number of aryl methyl sites for hydroxylation is 1. The Morgan fingerprint density at radius 2 is 1.68 bits per heavy atom. The Morgan fingerprint density at radius 1 is 1.00 bits per heavy atom. The van der Waals surface area contributed by atoms with Crippen LogP contribution in [0.2, 0.25) is 0 Å². The van der Waals surface area contributed by atoms with E-state index in [9.17, 15) is 14.4 Å². The Balaban J connectivity index is 1.66. The topological polar surface area (TPSA) is 69.7 Å². The van der Waals surface area contributed by atoms with Gasteiger partial charge in [0.05, 0.1) is 0 Å². The summed E-state index contributed by atoms with van der Waals surface area (Å²) in [5.41, 5.74) is 1.78. The summed E-state index contributed by atoms with van der Waals surface area (Å²) in [5.74, 6) is 0.362. The Labute approximate surface area is 186 Å². The molecule has 170 valence electrons. The lowest BCUT2D eigenvalue weighted by Gasteiger charge is -2.38. The fraction of sp³-hybridized carbons (Fsp3) is 0.640. The molecule has 0 spiro atoms. The number of carbonyl (C=O) groups excluding carboxylic acids is 3. The molecule has 1 aromatic rings. The number of piperidine rings is 2. The molecular weight excluding hydrogens is 390 g/mol. The molecule has 3 rings (SSSR count). The zero-order chi connectivity index (χ0) is 22.4. The SMILES string of the molecule is Cc1cccc(C(=O)N2CCC([C@H](NC(=O)CC(C)C)C(=O)N3CCCCC3)CC2)c1. The molecule has 2 fully saturated rings. The first-order valence-electron chi connectivity index (χ1n) is 11.8. The van der Waals surface area contributed by atoms with Gasteiger partial charge in [-0.25, -0.2) is 0 Å². The van der Waals surface area contributed by atoms with Crippen molar-refractivity contribution in [3.63, 3.8) is 0 Å². The van der Waals surface area contributed by atoms with E-state index >= 15 is 0 Å². The second-order valence-electron chi connectivity index (χ2n) is 9.53. The Hall–Kier alpha value is -2.37. The van der Waals surface area contributed by atoms with Gasteiger partial charge in [-0.15, -0.1) is 0 Å². The molecule has 3 amide bonds. The third-order valence-electron chi connectivity index (χ3n) is 6.41. The highest BCUT2D eigenvalue weighted by Gasteiger charge is 2.36. The van der Waals surface area contributed by atoms with E-state index in [0.717, 1.165) is 50.8 Å². The summed E-state index contributed by atoms with van der Waals surface area (Å²) in [7, 11) is 0. The molecule has 2 aliphatic heterocycles. The summed E-state index contributed by atoms with van der Waals surface area (Å²) in [6, 6.07) is 7.19. The molecule has 0 bridgehead atoms. The monoisotopic (exact) mass is 427 g/mol. The van der Waals surface area contributed by atoms with Crippen LogP contribution in [0.5, 0.6) is 0 Å². The van der Waals surface area contributed by atoms with Crippen molar-refractivity contribution in [2.24, 2.45) is 11.8 Å². The number of hydrogen-bond donors (Lipinski definition) is 1. The molecule has 2 heterocycles. The quantitative estimate of drug-likeness (QED) is 0.757. The fourth-order valence-electron chi connectivity index (χ4n) is 4.69. The Morgan fingerprint density at radius 3 is 2.29 bits per heavy atom. The maximum Gasteiger partial charge on any atom is 0.253 e. The zero-order valence-electron chi connectivity index (χ0n) is 19.2. The number of nitrogens with zero attached hydrogens (tertiary/aromatic N) is 2. The van der Waals surface area contributed by atoms with Crippen molar-refractivity contribution in [2.45, 2.75) is 65.3 Å². The van der Waals surface area contributed by atoms with Crippen LogP contribution in [0.1, 0.15) is 68.3 Å². The third kappa shape index (κ3) is 6.31. The van der Waals surface area contributed by atoms with Crippen molar-refractivity contribution < 1.29 is 14.4 Å². The molecule has 31 heavy (non-hydrogen) atoms. The van der Waals surface area contributed by atoms with Crippen LogP contribution in [0, 0.1) is 18.8 Å². The van der Waals surface area contributed by atoms with Crippen LogP contribution in [-0.4, -0.2) is 59.7 Å². The number of hydrogen-bond acceptors (Lipinski definition) is 3. The van der Waals surface area contributed by atoms with E-state index in [1.165, 1.54) is 0 Å². The second-order valence-corrected chi connectivity index (χ2v) is 9.53. The molecule has 2 aliphatic rings. The van der Waals surface area contributed by atoms with Crippen molar-refractivity contribution in [1.82, 2.24) is 15.1 Å². The van der Waals surface area contributed by atoms with E-state index in [4.69, 9.17) is 0 Å². The van der Waals surface area contributed by atoms with Crippen molar-refractivity contribution in [3.05, 3.63) is 35.4 Å². The summed E-state index contributed by atoms with van der Waals surface area (Å²) in [6.45, 7) is 8.79. The van der Waals surface area contributed by atoms with E-state index < -0.39 is 6.04 Å². The van der Waals surface area contributed by atoms with Crippen molar-refractivity contribution >= 4 is 17.7 Å².